The zero-order valence-corrected chi connectivity index (χ0v) is 11.2. The van der Waals surface area contributed by atoms with Gasteiger partial charge < -0.3 is 5.73 Å². The Morgan fingerprint density at radius 3 is 2.33 bits per heavy atom. The van der Waals surface area contributed by atoms with E-state index in [1.165, 1.54) is 34.0 Å². The van der Waals surface area contributed by atoms with E-state index in [1.54, 1.807) is 0 Å². The molecule has 0 aliphatic heterocycles. The van der Waals surface area contributed by atoms with Crippen LogP contribution < -0.4 is 5.73 Å². The quantitative estimate of drug-likeness (QED) is 0.873. The van der Waals surface area contributed by atoms with Crippen LogP contribution in [-0.2, 0) is 5.41 Å². The monoisotopic (exact) mass is 267 g/mol. The molecule has 2 rings (SSSR count). The van der Waals surface area contributed by atoms with Crippen LogP contribution in [0.15, 0.2) is 16.6 Å². The topological polar surface area (TPSA) is 26.0 Å². The summed E-state index contributed by atoms with van der Waals surface area (Å²) in [6.07, 6.45) is 2.47. The summed E-state index contributed by atoms with van der Waals surface area (Å²) in [4.78, 5) is 0. The second kappa shape index (κ2) is 3.60. The highest BCUT2D eigenvalue weighted by Gasteiger charge is 2.47. The van der Waals surface area contributed by atoms with E-state index < -0.39 is 0 Å². The van der Waals surface area contributed by atoms with Crippen LogP contribution in [-0.4, -0.2) is 6.04 Å². The molecule has 1 aliphatic carbocycles. The van der Waals surface area contributed by atoms with Crippen LogP contribution >= 0.6 is 15.9 Å². The molecule has 1 aromatic carbocycles. The van der Waals surface area contributed by atoms with Gasteiger partial charge in [-0.25, -0.2) is 0 Å². The maximum absolute atomic E-state index is 6.09. The highest BCUT2D eigenvalue weighted by Crippen LogP contribution is 2.51. The average molecular weight is 268 g/mol. The molecule has 0 aromatic heterocycles. The third-order valence-electron chi connectivity index (χ3n) is 3.84. The average Bonchev–Trinajstić information content (AvgIpc) is 2.93. The predicted octanol–water partition coefficient (Wildman–Crippen LogP) is 3.44. The molecule has 1 unspecified atom stereocenters. The molecule has 0 heterocycles. The molecule has 0 spiro atoms. The Morgan fingerprint density at radius 1 is 1.33 bits per heavy atom. The number of aryl methyl sites for hydroxylation is 1. The van der Waals surface area contributed by atoms with E-state index in [1.807, 2.05) is 0 Å². The van der Waals surface area contributed by atoms with Crippen molar-refractivity contribution in [3.63, 3.8) is 0 Å². The normalized spacial score (nSPS) is 20.1. The zero-order chi connectivity index (χ0) is 11.2. The van der Waals surface area contributed by atoms with Gasteiger partial charge in [-0.15, -0.1) is 0 Å². The first-order valence-electron chi connectivity index (χ1n) is 5.50. The minimum atomic E-state index is 0.256. The van der Waals surface area contributed by atoms with Crippen molar-refractivity contribution in [1.82, 2.24) is 0 Å². The number of halogens is 1. The summed E-state index contributed by atoms with van der Waals surface area (Å²) < 4.78 is 1.21. The predicted molar refractivity (Wildman–Crippen MR) is 68.2 cm³/mol. The van der Waals surface area contributed by atoms with Crippen LogP contribution in [0.25, 0.3) is 0 Å². The van der Waals surface area contributed by atoms with Gasteiger partial charge in [-0.1, -0.05) is 22.0 Å². The second-order valence-corrected chi connectivity index (χ2v) is 5.70. The lowest BCUT2D eigenvalue weighted by molar-refractivity contribution is 0.556. The van der Waals surface area contributed by atoms with Crippen LogP contribution in [0, 0.1) is 13.8 Å². The highest BCUT2D eigenvalue weighted by molar-refractivity contribution is 9.10. The van der Waals surface area contributed by atoms with Crippen molar-refractivity contribution >= 4 is 15.9 Å². The largest absolute Gasteiger partial charge is 0.327 e. The van der Waals surface area contributed by atoms with Gasteiger partial charge in [0, 0.05) is 15.9 Å². The molecule has 2 heteroatoms. The van der Waals surface area contributed by atoms with Crippen molar-refractivity contribution in [3.05, 3.63) is 33.3 Å². The zero-order valence-electron chi connectivity index (χ0n) is 9.60. The van der Waals surface area contributed by atoms with Gasteiger partial charge in [-0.2, -0.15) is 0 Å². The number of nitrogens with two attached hydrogens (primary N) is 1. The van der Waals surface area contributed by atoms with Crippen LogP contribution in [0.1, 0.15) is 36.5 Å². The SMILES string of the molecule is Cc1cc(C2(C(C)N)CC2)cc(Br)c1C. The molecule has 1 aromatic rings. The van der Waals surface area contributed by atoms with Gasteiger partial charge in [0.25, 0.3) is 0 Å². The minimum Gasteiger partial charge on any atom is -0.327 e. The first-order chi connectivity index (χ1) is 6.97. The van der Waals surface area contributed by atoms with Gasteiger partial charge in [0.2, 0.25) is 0 Å². The lowest BCUT2D eigenvalue weighted by Gasteiger charge is -2.21. The Kier molecular flexibility index (Phi) is 2.68. The van der Waals surface area contributed by atoms with Crippen molar-refractivity contribution in [1.29, 1.82) is 0 Å². The van der Waals surface area contributed by atoms with Crippen molar-refractivity contribution in [3.8, 4) is 0 Å². The van der Waals surface area contributed by atoms with Crippen LogP contribution in [0.4, 0.5) is 0 Å². The number of benzene rings is 1. The Balaban J connectivity index is 2.47. The molecule has 0 bridgehead atoms. The molecule has 1 atom stereocenters. The number of hydrogen-bond donors (Lipinski definition) is 1. The molecule has 1 saturated carbocycles. The second-order valence-electron chi connectivity index (χ2n) is 4.84. The van der Waals surface area contributed by atoms with Crippen LogP contribution in [0.3, 0.4) is 0 Å². The molecule has 0 amide bonds. The van der Waals surface area contributed by atoms with Crippen molar-refractivity contribution in [2.45, 2.75) is 45.1 Å². The molecule has 1 fully saturated rings. The summed E-state index contributed by atoms with van der Waals surface area (Å²) in [5.41, 5.74) is 10.4. The molecule has 0 radical (unpaired) electrons. The summed E-state index contributed by atoms with van der Waals surface area (Å²) in [6, 6.07) is 4.81. The third-order valence-corrected chi connectivity index (χ3v) is 4.66. The van der Waals surface area contributed by atoms with E-state index in [2.05, 4.69) is 48.8 Å². The van der Waals surface area contributed by atoms with E-state index in [0.717, 1.165) is 0 Å². The highest BCUT2D eigenvalue weighted by atomic mass is 79.9. The summed E-state index contributed by atoms with van der Waals surface area (Å²) in [5, 5.41) is 0. The summed E-state index contributed by atoms with van der Waals surface area (Å²) in [6.45, 7) is 6.44. The molecule has 1 aliphatic rings. The Hall–Kier alpha value is -0.340. The van der Waals surface area contributed by atoms with E-state index in [4.69, 9.17) is 5.73 Å². The lowest BCUT2D eigenvalue weighted by atomic mass is 9.88. The van der Waals surface area contributed by atoms with Crippen molar-refractivity contribution < 1.29 is 0 Å². The van der Waals surface area contributed by atoms with Crippen LogP contribution in [0.2, 0.25) is 0 Å². The van der Waals surface area contributed by atoms with Gasteiger partial charge in [0.15, 0.2) is 0 Å². The molecular weight excluding hydrogens is 250 g/mol. The van der Waals surface area contributed by atoms with Gasteiger partial charge in [-0.3, -0.25) is 0 Å². The summed E-state index contributed by atoms with van der Waals surface area (Å²) in [7, 11) is 0. The molecule has 0 saturated heterocycles. The molecule has 82 valence electrons. The van der Waals surface area contributed by atoms with Crippen LogP contribution in [0.5, 0.6) is 0 Å². The summed E-state index contributed by atoms with van der Waals surface area (Å²) in [5.74, 6) is 0. The molecule has 2 N–H and O–H groups in total. The smallest absolute Gasteiger partial charge is 0.0210 e. The lowest BCUT2D eigenvalue weighted by Crippen LogP contribution is -2.31. The molecule has 15 heavy (non-hydrogen) atoms. The Bertz CT molecular complexity index is 369. The first-order valence-corrected chi connectivity index (χ1v) is 6.29. The maximum Gasteiger partial charge on any atom is 0.0210 e. The molecule has 1 nitrogen and oxygen atoms in total. The number of hydrogen-bond acceptors (Lipinski definition) is 1. The fourth-order valence-corrected chi connectivity index (χ4v) is 2.80. The minimum absolute atomic E-state index is 0.256. The van der Waals surface area contributed by atoms with Gasteiger partial charge in [0.05, 0.1) is 0 Å². The van der Waals surface area contributed by atoms with Gasteiger partial charge in [0.1, 0.15) is 0 Å². The van der Waals surface area contributed by atoms with E-state index >= 15 is 0 Å². The van der Waals surface area contributed by atoms with E-state index in [-0.39, 0.29) is 11.5 Å². The maximum atomic E-state index is 6.09. The van der Waals surface area contributed by atoms with Gasteiger partial charge in [-0.05, 0) is 56.4 Å². The Morgan fingerprint density at radius 2 is 1.93 bits per heavy atom. The summed E-state index contributed by atoms with van der Waals surface area (Å²) >= 11 is 3.63. The third kappa shape index (κ3) is 1.74. The standard InChI is InChI=1S/C13H18BrN/c1-8-6-11(7-12(14)9(8)2)13(4-5-13)10(3)15/h6-7,10H,4-5,15H2,1-3H3. The van der Waals surface area contributed by atoms with Crippen molar-refractivity contribution in [2.24, 2.45) is 5.73 Å². The van der Waals surface area contributed by atoms with E-state index in [0.29, 0.717) is 0 Å². The first kappa shape index (κ1) is 11.2. The number of rotatable bonds is 2. The fourth-order valence-electron chi connectivity index (χ4n) is 2.25. The molecular formula is C13H18BrN. The Labute approximate surface area is 100 Å². The van der Waals surface area contributed by atoms with E-state index in [9.17, 15) is 0 Å². The fraction of sp³-hybridized carbons (Fsp3) is 0.538. The van der Waals surface area contributed by atoms with Gasteiger partial charge >= 0.3 is 0 Å². The van der Waals surface area contributed by atoms with Crippen molar-refractivity contribution in [2.75, 3.05) is 0 Å².